The van der Waals surface area contributed by atoms with Gasteiger partial charge in [-0.2, -0.15) is 0 Å². The van der Waals surface area contributed by atoms with Crippen LogP contribution >= 0.6 is 0 Å². The molecule has 0 N–H and O–H groups in total. The van der Waals surface area contributed by atoms with Crippen molar-refractivity contribution in [2.75, 3.05) is 4.90 Å². The predicted molar refractivity (Wildman–Crippen MR) is 190 cm³/mol. The van der Waals surface area contributed by atoms with Crippen molar-refractivity contribution in [3.8, 4) is 5.69 Å². The molecular formula is C43H36N2. The van der Waals surface area contributed by atoms with Crippen molar-refractivity contribution in [2.45, 2.75) is 44.9 Å². The van der Waals surface area contributed by atoms with Gasteiger partial charge in [0.25, 0.3) is 0 Å². The Labute approximate surface area is 265 Å². The SMILES string of the molecule is CC1(C)C2=C(CCC(c3ccc4c(c3)c3c(n4-c4ccccc4)CCC=C3)=C2)N(c2ccccc2)c2c1ccc1ccccc21. The van der Waals surface area contributed by atoms with Gasteiger partial charge in [0.2, 0.25) is 0 Å². The second kappa shape index (κ2) is 9.97. The largest absolute Gasteiger partial charge is 0.313 e. The Morgan fingerprint density at radius 1 is 0.667 bits per heavy atom. The van der Waals surface area contributed by atoms with Crippen molar-refractivity contribution in [3.05, 3.63) is 161 Å². The summed E-state index contributed by atoms with van der Waals surface area (Å²) >= 11 is 0. The van der Waals surface area contributed by atoms with E-state index in [1.165, 1.54) is 78.0 Å². The average Bonchev–Trinajstić information content (AvgIpc) is 3.43. The molecule has 45 heavy (non-hydrogen) atoms. The highest BCUT2D eigenvalue weighted by Crippen LogP contribution is 2.54. The Kier molecular flexibility index (Phi) is 5.83. The van der Waals surface area contributed by atoms with Crippen LogP contribution in [-0.4, -0.2) is 4.57 Å². The molecule has 0 spiro atoms. The van der Waals surface area contributed by atoms with E-state index in [0.29, 0.717) is 0 Å². The lowest BCUT2D eigenvalue weighted by atomic mass is 9.69. The van der Waals surface area contributed by atoms with Gasteiger partial charge in [0.1, 0.15) is 0 Å². The van der Waals surface area contributed by atoms with Crippen molar-refractivity contribution >= 4 is 44.7 Å². The van der Waals surface area contributed by atoms with Gasteiger partial charge in [-0.05, 0) is 89.7 Å². The molecule has 5 aromatic carbocycles. The quantitative estimate of drug-likeness (QED) is 0.202. The molecular weight excluding hydrogens is 544 g/mol. The van der Waals surface area contributed by atoms with Crippen LogP contribution < -0.4 is 4.90 Å². The second-order valence-electron chi connectivity index (χ2n) is 13.2. The lowest BCUT2D eigenvalue weighted by Crippen LogP contribution is -2.35. The number of allylic oxidation sites excluding steroid dienone is 5. The Hall–Kier alpha value is -5.08. The van der Waals surface area contributed by atoms with E-state index in [-0.39, 0.29) is 5.41 Å². The average molecular weight is 581 g/mol. The van der Waals surface area contributed by atoms with Crippen LogP contribution in [0.15, 0.2) is 139 Å². The number of anilines is 2. The molecule has 0 unspecified atom stereocenters. The smallest absolute Gasteiger partial charge is 0.0577 e. The number of hydrogen-bond acceptors (Lipinski definition) is 1. The van der Waals surface area contributed by atoms with Gasteiger partial charge in [-0.15, -0.1) is 0 Å². The van der Waals surface area contributed by atoms with E-state index >= 15 is 0 Å². The Morgan fingerprint density at radius 2 is 1.42 bits per heavy atom. The first-order valence-electron chi connectivity index (χ1n) is 16.3. The Balaban J connectivity index is 1.23. The van der Waals surface area contributed by atoms with Crippen LogP contribution in [0.3, 0.4) is 0 Å². The fourth-order valence-corrected chi connectivity index (χ4v) is 8.15. The van der Waals surface area contributed by atoms with Crippen molar-refractivity contribution in [1.29, 1.82) is 0 Å². The van der Waals surface area contributed by atoms with Crippen molar-refractivity contribution in [3.63, 3.8) is 0 Å². The molecule has 0 saturated carbocycles. The summed E-state index contributed by atoms with van der Waals surface area (Å²) in [6, 6.07) is 42.5. The summed E-state index contributed by atoms with van der Waals surface area (Å²) in [5.74, 6) is 0. The third kappa shape index (κ3) is 3.95. The second-order valence-corrected chi connectivity index (χ2v) is 13.2. The molecule has 2 nitrogen and oxygen atoms in total. The van der Waals surface area contributed by atoms with Gasteiger partial charge in [0.05, 0.1) is 11.2 Å². The number of hydrogen-bond donors (Lipinski definition) is 0. The van der Waals surface area contributed by atoms with Crippen LogP contribution in [0.2, 0.25) is 0 Å². The lowest BCUT2D eigenvalue weighted by Gasteiger charge is -2.45. The summed E-state index contributed by atoms with van der Waals surface area (Å²) in [7, 11) is 0. The van der Waals surface area contributed by atoms with Gasteiger partial charge in [-0.1, -0.05) is 111 Å². The minimum Gasteiger partial charge on any atom is -0.313 e. The topological polar surface area (TPSA) is 8.17 Å². The van der Waals surface area contributed by atoms with Crippen molar-refractivity contribution in [1.82, 2.24) is 4.57 Å². The number of para-hydroxylation sites is 2. The lowest BCUT2D eigenvalue weighted by molar-refractivity contribution is 0.606. The van der Waals surface area contributed by atoms with Crippen LogP contribution in [0.5, 0.6) is 0 Å². The molecule has 3 aliphatic rings. The van der Waals surface area contributed by atoms with Gasteiger partial charge in [0.15, 0.2) is 0 Å². The molecule has 2 heterocycles. The Morgan fingerprint density at radius 3 is 2.24 bits per heavy atom. The number of nitrogens with zero attached hydrogens (tertiary/aromatic N) is 2. The zero-order valence-corrected chi connectivity index (χ0v) is 25.9. The number of aromatic nitrogens is 1. The van der Waals surface area contributed by atoms with E-state index in [4.69, 9.17) is 0 Å². The summed E-state index contributed by atoms with van der Waals surface area (Å²) in [4.78, 5) is 2.57. The van der Waals surface area contributed by atoms with Crippen LogP contribution in [0, 0.1) is 0 Å². The summed E-state index contributed by atoms with van der Waals surface area (Å²) in [6.07, 6.45) is 11.4. The van der Waals surface area contributed by atoms with Gasteiger partial charge in [-0.3, -0.25) is 0 Å². The molecule has 0 radical (unpaired) electrons. The summed E-state index contributed by atoms with van der Waals surface area (Å²) in [5, 5.41) is 3.96. The summed E-state index contributed by atoms with van der Waals surface area (Å²) in [6.45, 7) is 4.84. The highest BCUT2D eigenvalue weighted by molar-refractivity contribution is 6.01. The number of rotatable bonds is 3. The molecule has 2 aliphatic carbocycles. The molecule has 1 aromatic heterocycles. The maximum Gasteiger partial charge on any atom is 0.0577 e. The number of fused-ring (bicyclic) bond motifs is 6. The fourth-order valence-electron chi connectivity index (χ4n) is 8.15. The first kappa shape index (κ1) is 26.3. The molecule has 0 saturated heterocycles. The standard InChI is InChI=1S/C43H36N2/c1-43(2)37-24-21-29-13-9-10-18-34(29)42(37)45(33-16-7-4-8-17-33)41-26-23-31(28-38(41)43)30-22-25-40-36(27-30)35-19-11-12-20-39(35)44(40)32-14-5-3-6-15-32/h3-11,13-19,21-22,24-25,27-28H,12,20,23,26H2,1-2H3. The van der Waals surface area contributed by atoms with Crippen LogP contribution in [0.4, 0.5) is 11.4 Å². The van der Waals surface area contributed by atoms with Gasteiger partial charge in [0, 0.05) is 44.5 Å². The molecule has 0 bridgehead atoms. The van der Waals surface area contributed by atoms with E-state index < -0.39 is 0 Å². The zero-order valence-electron chi connectivity index (χ0n) is 25.9. The van der Waals surface area contributed by atoms with E-state index in [0.717, 1.165) is 25.7 Å². The maximum atomic E-state index is 2.57. The molecule has 218 valence electrons. The molecule has 6 aromatic rings. The van der Waals surface area contributed by atoms with Gasteiger partial charge in [-0.25, -0.2) is 0 Å². The van der Waals surface area contributed by atoms with E-state index in [1.807, 2.05) is 0 Å². The Bertz CT molecular complexity index is 2220. The van der Waals surface area contributed by atoms with Crippen LogP contribution in [-0.2, 0) is 11.8 Å². The minimum atomic E-state index is -0.131. The molecule has 2 heteroatoms. The predicted octanol–water partition coefficient (Wildman–Crippen LogP) is 11.3. The summed E-state index contributed by atoms with van der Waals surface area (Å²) < 4.78 is 2.48. The highest BCUT2D eigenvalue weighted by Gasteiger charge is 2.40. The third-order valence-corrected chi connectivity index (χ3v) is 10.3. The molecule has 9 rings (SSSR count). The monoisotopic (exact) mass is 580 g/mol. The first-order chi connectivity index (χ1) is 22.1. The van der Waals surface area contributed by atoms with Crippen LogP contribution in [0.25, 0.3) is 39.0 Å². The molecule has 1 aliphatic heterocycles. The summed E-state index contributed by atoms with van der Waals surface area (Å²) in [5.41, 5.74) is 14.8. The molecule has 0 atom stereocenters. The number of benzene rings is 5. The van der Waals surface area contributed by atoms with E-state index in [2.05, 4.69) is 157 Å². The van der Waals surface area contributed by atoms with Gasteiger partial charge >= 0.3 is 0 Å². The highest BCUT2D eigenvalue weighted by atomic mass is 15.2. The van der Waals surface area contributed by atoms with Crippen molar-refractivity contribution in [2.24, 2.45) is 0 Å². The normalized spacial score (nSPS) is 16.8. The first-order valence-corrected chi connectivity index (χ1v) is 16.3. The molecule has 0 amide bonds. The van der Waals surface area contributed by atoms with E-state index in [9.17, 15) is 0 Å². The zero-order chi connectivity index (χ0) is 30.1. The van der Waals surface area contributed by atoms with Crippen LogP contribution in [0.1, 0.15) is 55.5 Å². The van der Waals surface area contributed by atoms with Gasteiger partial charge < -0.3 is 9.47 Å². The third-order valence-electron chi connectivity index (χ3n) is 10.3. The molecule has 0 fully saturated rings. The maximum absolute atomic E-state index is 2.57. The van der Waals surface area contributed by atoms with E-state index in [1.54, 1.807) is 0 Å². The fraction of sp³-hybridized carbons (Fsp3) is 0.163. The minimum absolute atomic E-state index is 0.131. The van der Waals surface area contributed by atoms with Crippen molar-refractivity contribution < 1.29 is 0 Å².